The lowest BCUT2D eigenvalue weighted by Crippen LogP contribution is -2.48. The molecule has 2 saturated heterocycles. The van der Waals surface area contributed by atoms with Gasteiger partial charge < -0.3 is 9.64 Å². The topological polar surface area (TPSA) is 59.3 Å². The molecule has 32 heavy (non-hydrogen) atoms. The van der Waals surface area contributed by atoms with Crippen molar-refractivity contribution in [3.8, 4) is 0 Å². The van der Waals surface area contributed by atoms with E-state index >= 15 is 0 Å². The largest absolute Gasteiger partial charge is 0.376 e. The van der Waals surface area contributed by atoms with Crippen LogP contribution in [0.1, 0.15) is 30.3 Å². The smallest absolute Gasteiger partial charge is 0.173 e. The molecule has 0 spiro atoms. The van der Waals surface area contributed by atoms with Gasteiger partial charge in [0.25, 0.3) is 0 Å². The molecule has 7 nitrogen and oxygen atoms in total. The molecule has 2 fully saturated rings. The normalized spacial score (nSPS) is 20.6. The van der Waals surface area contributed by atoms with E-state index in [9.17, 15) is 4.39 Å². The van der Waals surface area contributed by atoms with Crippen molar-refractivity contribution in [2.45, 2.75) is 31.5 Å². The van der Waals surface area contributed by atoms with Gasteiger partial charge in [0.1, 0.15) is 5.82 Å². The number of ether oxygens (including phenoxy) is 1. The standard InChI is InChI=1S/C23H26ClFN6O/c24-19-8-2-1-7-18(19)22(23-26-27-28-31(23)16-17-6-5-15-32-17)30-13-11-29(12-14-30)21-10-4-3-9-20(21)25/h1-4,7-10,17,22H,5-6,11-16H2/t17-,22+/m1/s1. The lowest BCUT2D eigenvalue weighted by atomic mass is 10.0. The first-order valence-electron chi connectivity index (χ1n) is 11.1. The summed E-state index contributed by atoms with van der Waals surface area (Å²) in [6, 6.07) is 14.6. The third-order valence-corrected chi connectivity index (χ3v) is 6.62. The van der Waals surface area contributed by atoms with Gasteiger partial charge in [-0.1, -0.05) is 41.9 Å². The van der Waals surface area contributed by atoms with E-state index in [0.29, 0.717) is 30.3 Å². The third kappa shape index (κ3) is 4.35. The summed E-state index contributed by atoms with van der Waals surface area (Å²) in [6.07, 6.45) is 2.20. The highest BCUT2D eigenvalue weighted by molar-refractivity contribution is 6.31. The molecule has 2 aliphatic rings. The lowest BCUT2D eigenvalue weighted by Gasteiger charge is -2.40. The zero-order valence-electron chi connectivity index (χ0n) is 17.8. The Morgan fingerprint density at radius 3 is 2.59 bits per heavy atom. The minimum Gasteiger partial charge on any atom is -0.376 e. The van der Waals surface area contributed by atoms with E-state index in [0.717, 1.165) is 43.9 Å². The molecule has 0 bridgehead atoms. The quantitative estimate of drug-likeness (QED) is 0.565. The number of piperazine rings is 1. The molecule has 0 aliphatic carbocycles. The third-order valence-electron chi connectivity index (χ3n) is 6.28. The van der Waals surface area contributed by atoms with Gasteiger partial charge in [-0.2, -0.15) is 0 Å². The van der Waals surface area contributed by atoms with E-state index < -0.39 is 0 Å². The molecule has 0 unspecified atom stereocenters. The van der Waals surface area contributed by atoms with E-state index in [1.165, 1.54) is 6.07 Å². The highest BCUT2D eigenvalue weighted by Crippen LogP contribution is 2.34. The van der Waals surface area contributed by atoms with Crippen molar-refractivity contribution in [3.63, 3.8) is 0 Å². The summed E-state index contributed by atoms with van der Waals surface area (Å²) in [5.41, 5.74) is 1.61. The molecule has 9 heteroatoms. The number of halogens is 2. The Hall–Kier alpha value is -2.55. The van der Waals surface area contributed by atoms with Crippen LogP contribution in [0, 0.1) is 5.82 Å². The molecule has 3 heterocycles. The molecule has 0 amide bonds. The van der Waals surface area contributed by atoms with Crippen molar-refractivity contribution in [3.05, 3.63) is 70.8 Å². The maximum atomic E-state index is 14.3. The number of tetrazole rings is 1. The molecular formula is C23H26ClFN6O. The Morgan fingerprint density at radius 2 is 1.84 bits per heavy atom. The molecular weight excluding hydrogens is 431 g/mol. The van der Waals surface area contributed by atoms with Gasteiger partial charge in [0.2, 0.25) is 0 Å². The van der Waals surface area contributed by atoms with Crippen molar-refractivity contribution in [2.24, 2.45) is 0 Å². The maximum Gasteiger partial charge on any atom is 0.173 e. The summed E-state index contributed by atoms with van der Waals surface area (Å²) in [6.45, 7) is 4.28. The number of anilines is 1. The van der Waals surface area contributed by atoms with Crippen LogP contribution in [-0.4, -0.2) is 64.0 Å². The number of benzene rings is 2. The number of rotatable bonds is 6. The number of hydrogen-bond donors (Lipinski definition) is 0. The summed E-state index contributed by atoms with van der Waals surface area (Å²) in [7, 11) is 0. The Morgan fingerprint density at radius 1 is 1.06 bits per heavy atom. The molecule has 2 aliphatic heterocycles. The second-order valence-electron chi connectivity index (χ2n) is 8.25. The van der Waals surface area contributed by atoms with Crippen LogP contribution in [0.2, 0.25) is 5.02 Å². The van der Waals surface area contributed by atoms with Gasteiger partial charge >= 0.3 is 0 Å². The van der Waals surface area contributed by atoms with E-state index in [-0.39, 0.29) is 18.0 Å². The maximum absolute atomic E-state index is 14.3. The van der Waals surface area contributed by atoms with Crippen molar-refractivity contribution in [1.29, 1.82) is 0 Å². The van der Waals surface area contributed by atoms with E-state index in [4.69, 9.17) is 16.3 Å². The van der Waals surface area contributed by atoms with Crippen LogP contribution in [0.5, 0.6) is 0 Å². The number of aromatic nitrogens is 4. The fraction of sp³-hybridized carbons (Fsp3) is 0.435. The van der Waals surface area contributed by atoms with Crippen LogP contribution in [-0.2, 0) is 11.3 Å². The highest BCUT2D eigenvalue weighted by atomic mass is 35.5. The van der Waals surface area contributed by atoms with Gasteiger partial charge in [0.15, 0.2) is 5.82 Å². The Balaban J connectivity index is 1.42. The number of para-hydroxylation sites is 1. The molecule has 3 aromatic rings. The Labute approximate surface area is 191 Å². The molecule has 2 atom stereocenters. The SMILES string of the molecule is Fc1ccccc1N1CCN([C@@H](c2ccccc2Cl)c2nnnn2C[C@H]2CCCO2)CC1. The van der Waals surface area contributed by atoms with Crippen LogP contribution in [0.4, 0.5) is 10.1 Å². The molecule has 168 valence electrons. The molecule has 0 radical (unpaired) electrons. The van der Waals surface area contributed by atoms with Crippen LogP contribution >= 0.6 is 11.6 Å². The number of nitrogens with zero attached hydrogens (tertiary/aromatic N) is 6. The Bertz CT molecular complexity index is 1050. The summed E-state index contributed by atoms with van der Waals surface area (Å²) in [5, 5.41) is 13.4. The van der Waals surface area contributed by atoms with Gasteiger partial charge in [-0.25, -0.2) is 9.07 Å². The van der Waals surface area contributed by atoms with E-state index in [2.05, 4.69) is 25.3 Å². The van der Waals surface area contributed by atoms with Crippen molar-refractivity contribution in [1.82, 2.24) is 25.1 Å². The highest BCUT2D eigenvalue weighted by Gasteiger charge is 2.33. The zero-order valence-corrected chi connectivity index (χ0v) is 18.5. The lowest BCUT2D eigenvalue weighted by molar-refractivity contribution is 0.0906. The zero-order chi connectivity index (χ0) is 21.9. The summed E-state index contributed by atoms with van der Waals surface area (Å²) < 4.78 is 22.0. The molecule has 0 saturated carbocycles. The van der Waals surface area contributed by atoms with Crippen molar-refractivity contribution in [2.75, 3.05) is 37.7 Å². The Kier molecular flexibility index (Phi) is 6.34. The second-order valence-corrected chi connectivity index (χ2v) is 8.66. The summed E-state index contributed by atoms with van der Waals surface area (Å²) in [5.74, 6) is 0.567. The predicted octanol–water partition coefficient (Wildman–Crippen LogP) is 3.56. The molecule has 5 rings (SSSR count). The van der Waals surface area contributed by atoms with Crippen LogP contribution in [0.3, 0.4) is 0 Å². The van der Waals surface area contributed by atoms with Crippen LogP contribution in [0.25, 0.3) is 0 Å². The monoisotopic (exact) mass is 456 g/mol. The first-order chi connectivity index (χ1) is 15.7. The minimum atomic E-state index is -0.192. The first-order valence-corrected chi connectivity index (χ1v) is 11.4. The van der Waals surface area contributed by atoms with Gasteiger partial charge in [-0.05, 0) is 47.0 Å². The average molecular weight is 457 g/mol. The van der Waals surface area contributed by atoms with Crippen molar-refractivity contribution >= 4 is 17.3 Å². The number of hydrogen-bond acceptors (Lipinski definition) is 6. The van der Waals surface area contributed by atoms with Gasteiger partial charge in [-0.15, -0.1) is 5.10 Å². The second kappa shape index (κ2) is 9.52. The molecule has 0 N–H and O–H groups in total. The van der Waals surface area contributed by atoms with Gasteiger partial charge in [0, 0.05) is 37.8 Å². The summed E-state index contributed by atoms with van der Waals surface area (Å²) >= 11 is 6.63. The van der Waals surface area contributed by atoms with Gasteiger partial charge in [0.05, 0.1) is 24.4 Å². The average Bonchev–Trinajstić information content (AvgIpc) is 3.49. The molecule has 1 aromatic heterocycles. The van der Waals surface area contributed by atoms with Crippen LogP contribution < -0.4 is 4.90 Å². The van der Waals surface area contributed by atoms with E-state index in [1.807, 2.05) is 41.1 Å². The fourth-order valence-electron chi connectivity index (χ4n) is 4.64. The summed E-state index contributed by atoms with van der Waals surface area (Å²) in [4.78, 5) is 4.42. The molecule has 2 aromatic carbocycles. The fourth-order valence-corrected chi connectivity index (χ4v) is 4.88. The van der Waals surface area contributed by atoms with Crippen LogP contribution in [0.15, 0.2) is 48.5 Å². The van der Waals surface area contributed by atoms with Crippen molar-refractivity contribution < 1.29 is 9.13 Å². The first kappa shape index (κ1) is 21.3. The van der Waals surface area contributed by atoms with Gasteiger partial charge in [-0.3, -0.25) is 4.90 Å². The predicted molar refractivity (Wildman–Crippen MR) is 120 cm³/mol. The minimum absolute atomic E-state index is 0.127. The van der Waals surface area contributed by atoms with E-state index in [1.54, 1.807) is 6.07 Å².